The van der Waals surface area contributed by atoms with Crippen molar-refractivity contribution in [1.82, 2.24) is 4.98 Å². The van der Waals surface area contributed by atoms with Gasteiger partial charge in [-0.25, -0.2) is 0 Å². The molecule has 27 heavy (non-hydrogen) atoms. The second-order valence-electron chi connectivity index (χ2n) is 6.97. The predicted octanol–water partition coefficient (Wildman–Crippen LogP) is 5.09. The highest BCUT2D eigenvalue weighted by Gasteiger charge is 2.33. The number of hydrogen-bond donors (Lipinski definition) is 2. The zero-order valence-corrected chi connectivity index (χ0v) is 15.3. The van der Waals surface area contributed by atoms with E-state index in [1.165, 1.54) is 0 Å². The first-order valence-corrected chi connectivity index (χ1v) is 9.34. The standard InChI is InChI=1S/C22H22N4O/c1-2-3-4-9-15-16-11-10-13-7-5-6-8-14(13)20(16)27-22-18(15)19(24)17(12-23)21(25)26-22/h5-8,10-11,15H,2-4,9H2,1H3,(H4,24,25,26). The van der Waals surface area contributed by atoms with Gasteiger partial charge in [0, 0.05) is 22.4 Å². The Balaban J connectivity index is 1.94. The maximum atomic E-state index is 9.45. The van der Waals surface area contributed by atoms with E-state index in [4.69, 9.17) is 16.2 Å². The maximum absolute atomic E-state index is 9.45. The summed E-state index contributed by atoms with van der Waals surface area (Å²) in [5.41, 5.74) is 14.8. The van der Waals surface area contributed by atoms with E-state index in [2.05, 4.69) is 42.2 Å². The lowest BCUT2D eigenvalue weighted by atomic mass is 9.82. The summed E-state index contributed by atoms with van der Waals surface area (Å²) in [6.45, 7) is 2.18. The van der Waals surface area contributed by atoms with Gasteiger partial charge in [-0.15, -0.1) is 0 Å². The van der Waals surface area contributed by atoms with Gasteiger partial charge in [-0.2, -0.15) is 10.2 Å². The monoisotopic (exact) mass is 358 g/mol. The number of nitriles is 1. The fraction of sp³-hybridized carbons (Fsp3) is 0.273. The van der Waals surface area contributed by atoms with Gasteiger partial charge in [0.05, 0.1) is 5.69 Å². The number of rotatable bonds is 4. The van der Waals surface area contributed by atoms with Crippen molar-refractivity contribution in [3.63, 3.8) is 0 Å². The summed E-state index contributed by atoms with van der Waals surface area (Å²) >= 11 is 0. The van der Waals surface area contributed by atoms with Crippen molar-refractivity contribution in [3.05, 3.63) is 53.1 Å². The van der Waals surface area contributed by atoms with Crippen LogP contribution in [0.3, 0.4) is 0 Å². The van der Waals surface area contributed by atoms with E-state index in [9.17, 15) is 5.26 Å². The summed E-state index contributed by atoms with van der Waals surface area (Å²) in [4.78, 5) is 4.38. The van der Waals surface area contributed by atoms with E-state index in [-0.39, 0.29) is 17.3 Å². The van der Waals surface area contributed by atoms with Crippen LogP contribution < -0.4 is 16.2 Å². The zero-order chi connectivity index (χ0) is 19.0. The first kappa shape index (κ1) is 17.2. The topological polar surface area (TPSA) is 98.0 Å². The van der Waals surface area contributed by atoms with Crippen LogP contribution in [0.1, 0.15) is 55.2 Å². The Morgan fingerprint density at radius 3 is 2.74 bits per heavy atom. The summed E-state index contributed by atoms with van der Waals surface area (Å²) in [6.07, 6.45) is 4.28. The molecule has 0 saturated carbocycles. The average Bonchev–Trinajstić information content (AvgIpc) is 2.67. The lowest BCUT2D eigenvalue weighted by Crippen LogP contribution is -2.16. The normalized spacial score (nSPS) is 14.9. The van der Waals surface area contributed by atoms with Gasteiger partial charge >= 0.3 is 0 Å². The third-order valence-electron chi connectivity index (χ3n) is 5.31. The molecule has 5 heteroatoms. The summed E-state index contributed by atoms with van der Waals surface area (Å²) < 4.78 is 6.21. The lowest BCUT2D eigenvalue weighted by molar-refractivity contribution is 0.426. The number of benzene rings is 2. The van der Waals surface area contributed by atoms with Gasteiger partial charge in [0.15, 0.2) is 0 Å². The lowest BCUT2D eigenvalue weighted by Gasteiger charge is -2.30. The van der Waals surface area contributed by atoms with Gasteiger partial charge in [0.2, 0.25) is 5.88 Å². The third-order valence-corrected chi connectivity index (χ3v) is 5.31. The summed E-state index contributed by atoms with van der Waals surface area (Å²) in [7, 11) is 0. The first-order chi connectivity index (χ1) is 13.2. The number of unbranched alkanes of at least 4 members (excludes halogenated alkanes) is 2. The summed E-state index contributed by atoms with van der Waals surface area (Å²) in [5.74, 6) is 1.40. The van der Waals surface area contributed by atoms with Gasteiger partial charge in [-0.05, 0) is 11.8 Å². The molecule has 4 N–H and O–H groups in total. The molecule has 1 atom stereocenters. The molecule has 0 amide bonds. The molecule has 0 fully saturated rings. The maximum Gasteiger partial charge on any atom is 0.227 e. The summed E-state index contributed by atoms with van der Waals surface area (Å²) in [6, 6.07) is 14.4. The molecule has 1 aliphatic heterocycles. The van der Waals surface area contributed by atoms with Gasteiger partial charge < -0.3 is 16.2 Å². The molecule has 5 nitrogen and oxygen atoms in total. The molecule has 2 aromatic carbocycles. The SMILES string of the molecule is CCCCCC1c2ccc3ccccc3c2Oc2nc(N)c(C#N)c(N)c21. The van der Waals surface area contributed by atoms with Crippen molar-refractivity contribution in [3.8, 4) is 17.7 Å². The Morgan fingerprint density at radius 1 is 1.15 bits per heavy atom. The third kappa shape index (κ3) is 2.74. The molecule has 2 heterocycles. The largest absolute Gasteiger partial charge is 0.438 e. The zero-order valence-electron chi connectivity index (χ0n) is 15.3. The molecular formula is C22H22N4O. The average molecular weight is 358 g/mol. The first-order valence-electron chi connectivity index (χ1n) is 9.34. The number of aromatic nitrogens is 1. The molecule has 1 aromatic heterocycles. The van der Waals surface area contributed by atoms with Crippen molar-refractivity contribution in [2.24, 2.45) is 0 Å². The molecule has 1 aliphatic rings. The van der Waals surface area contributed by atoms with Gasteiger partial charge in [0.1, 0.15) is 23.2 Å². The Morgan fingerprint density at radius 2 is 1.96 bits per heavy atom. The molecule has 0 aliphatic carbocycles. The van der Waals surface area contributed by atoms with Crippen LogP contribution in [0.25, 0.3) is 10.8 Å². The smallest absolute Gasteiger partial charge is 0.227 e. The number of ether oxygens (including phenoxy) is 1. The molecular weight excluding hydrogens is 336 g/mol. The van der Waals surface area contributed by atoms with Crippen LogP contribution in [0.4, 0.5) is 11.5 Å². The van der Waals surface area contributed by atoms with Gasteiger partial charge in [0.25, 0.3) is 0 Å². The number of nitrogens with zero attached hydrogens (tertiary/aromatic N) is 2. The van der Waals surface area contributed by atoms with E-state index in [0.717, 1.165) is 53.3 Å². The minimum absolute atomic E-state index is 0.0418. The van der Waals surface area contributed by atoms with Crippen LogP contribution in [0.5, 0.6) is 11.6 Å². The van der Waals surface area contributed by atoms with E-state index in [1.807, 2.05) is 12.1 Å². The van der Waals surface area contributed by atoms with E-state index in [1.54, 1.807) is 0 Å². The van der Waals surface area contributed by atoms with Crippen LogP contribution in [0, 0.1) is 11.3 Å². The quantitative estimate of drug-likeness (QED) is 0.633. The number of anilines is 2. The van der Waals surface area contributed by atoms with Crippen molar-refractivity contribution in [2.75, 3.05) is 11.5 Å². The number of pyridine rings is 1. The second-order valence-corrected chi connectivity index (χ2v) is 6.97. The van der Waals surface area contributed by atoms with Crippen molar-refractivity contribution in [2.45, 2.75) is 38.5 Å². The van der Waals surface area contributed by atoms with Crippen molar-refractivity contribution < 1.29 is 4.74 Å². The minimum atomic E-state index is 0.0418. The fourth-order valence-electron chi connectivity index (χ4n) is 3.94. The Hall–Kier alpha value is -3.26. The summed E-state index contributed by atoms with van der Waals surface area (Å²) in [5, 5.41) is 11.6. The highest BCUT2D eigenvalue weighted by atomic mass is 16.5. The van der Waals surface area contributed by atoms with E-state index in [0.29, 0.717) is 11.6 Å². The molecule has 0 radical (unpaired) electrons. The molecule has 0 saturated heterocycles. The molecule has 0 spiro atoms. The Labute approximate surface area is 158 Å². The van der Waals surface area contributed by atoms with Crippen LogP contribution in [0.15, 0.2) is 36.4 Å². The number of fused-ring (bicyclic) bond motifs is 4. The van der Waals surface area contributed by atoms with Gasteiger partial charge in [-0.3, -0.25) is 0 Å². The van der Waals surface area contributed by atoms with Crippen molar-refractivity contribution in [1.29, 1.82) is 5.26 Å². The van der Waals surface area contributed by atoms with Crippen molar-refractivity contribution >= 4 is 22.3 Å². The van der Waals surface area contributed by atoms with E-state index < -0.39 is 0 Å². The van der Waals surface area contributed by atoms with Crippen LogP contribution in [-0.2, 0) is 0 Å². The van der Waals surface area contributed by atoms with Crippen LogP contribution >= 0.6 is 0 Å². The molecule has 0 bridgehead atoms. The number of nitrogen functional groups attached to an aromatic ring is 2. The Kier molecular flexibility index (Phi) is 4.33. The highest BCUT2D eigenvalue weighted by molar-refractivity contribution is 5.91. The van der Waals surface area contributed by atoms with Gasteiger partial charge in [-0.1, -0.05) is 62.6 Å². The molecule has 136 valence electrons. The number of nitrogens with two attached hydrogens (primary N) is 2. The Bertz CT molecular complexity index is 1070. The second kappa shape index (κ2) is 6.81. The predicted molar refractivity (Wildman–Crippen MR) is 108 cm³/mol. The fourth-order valence-corrected chi connectivity index (χ4v) is 3.94. The van der Waals surface area contributed by atoms with Crippen LogP contribution in [0.2, 0.25) is 0 Å². The van der Waals surface area contributed by atoms with E-state index >= 15 is 0 Å². The number of hydrogen-bond acceptors (Lipinski definition) is 5. The highest BCUT2D eigenvalue weighted by Crippen LogP contribution is 2.51. The van der Waals surface area contributed by atoms with Crippen LogP contribution in [-0.4, -0.2) is 4.98 Å². The molecule has 1 unspecified atom stereocenters. The molecule has 4 rings (SSSR count). The minimum Gasteiger partial charge on any atom is -0.438 e. The molecule has 3 aromatic rings.